The molecule has 0 unspecified atom stereocenters. The average molecular weight is 360 g/mol. The number of hydrogen-bond donors (Lipinski definition) is 1. The van der Waals surface area contributed by atoms with Gasteiger partial charge in [-0.25, -0.2) is 0 Å². The smallest absolute Gasteiger partial charge is 0.181 e. The van der Waals surface area contributed by atoms with Crippen LogP contribution >= 0.6 is 0 Å². The highest BCUT2D eigenvalue weighted by atomic mass is 16.5. The SMILES string of the molecule is COc1ccc2c3c([nH]c2c1)C(/C=C1/C=C(C)C(=O)C=C1C(C)C)=NCC3. The molecule has 0 saturated carbocycles. The second kappa shape index (κ2) is 6.69. The number of nitrogens with one attached hydrogen (secondary N) is 1. The van der Waals surface area contributed by atoms with E-state index in [1.807, 2.05) is 25.1 Å². The Balaban J connectivity index is 1.82. The van der Waals surface area contributed by atoms with Gasteiger partial charge < -0.3 is 9.72 Å². The van der Waals surface area contributed by atoms with Gasteiger partial charge in [0.2, 0.25) is 0 Å². The summed E-state index contributed by atoms with van der Waals surface area (Å²) in [5, 5.41) is 1.22. The first kappa shape index (κ1) is 17.5. The summed E-state index contributed by atoms with van der Waals surface area (Å²) in [4.78, 5) is 20.4. The van der Waals surface area contributed by atoms with Gasteiger partial charge in [0.25, 0.3) is 0 Å². The molecule has 138 valence electrons. The molecule has 0 saturated heterocycles. The molecule has 2 heterocycles. The molecule has 4 heteroatoms. The van der Waals surface area contributed by atoms with Gasteiger partial charge in [-0.3, -0.25) is 9.79 Å². The van der Waals surface area contributed by atoms with Gasteiger partial charge in [-0.05, 0) is 71.9 Å². The van der Waals surface area contributed by atoms with Crippen LogP contribution in [0.15, 0.2) is 58.1 Å². The minimum absolute atomic E-state index is 0.0971. The fourth-order valence-corrected chi connectivity index (χ4v) is 3.82. The van der Waals surface area contributed by atoms with Crippen LogP contribution in [0, 0.1) is 5.92 Å². The molecule has 0 radical (unpaired) electrons. The van der Waals surface area contributed by atoms with E-state index in [0.717, 1.165) is 52.4 Å². The molecule has 0 atom stereocenters. The molecule has 27 heavy (non-hydrogen) atoms. The third kappa shape index (κ3) is 3.05. The Kier molecular flexibility index (Phi) is 4.34. The highest BCUT2D eigenvalue weighted by molar-refractivity contribution is 6.14. The zero-order valence-corrected chi connectivity index (χ0v) is 16.2. The monoisotopic (exact) mass is 360 g/mol. The van der Waals surface area contributed by atoms with Gasteiger partial charge in [-0.2, -0.15) is 0 Å². The van der Waals surface area contributed by atoms with Gasteiger partial charge in [0.05, 0.1) is 18.5 Å². The van der Waals surface area contributed by atoms with Gasteiger partial charge in [0.1, 0.15) is 5.75 Å². The van der Waals surface area contributed by atoms with Crippen molar-refractivity contribution in [2.24, 2.45) is 10.9 Å². The number of ether oxygens (including phenoxy) is 1. The van der Waals surface area contributed by atoms with Gasteiger partial charge in [-0.1, -0.05) is 13.8 Å². The molecule has 1 aliphatic heterocycles. The summed E-state index contributed by atoms with van der Waals surface area (Å²) in [6.45, 7) is 6.87. The Labute approximate surface area is 159 Å². The number of methoxy groups -OCH3 is 1. The average Bonchev–Trinajstić information content (AvgIpc) is 3.03. The molecule has 1 aliphatic carbocycles. The van der Waals surface area contributed by atoms with Crippen molar-refractivity contribution < 1.29 is 9.53 Å². The summed E-state index contributed by atoms with van der Waals surface area (Å²) < 4.78 is 5.36. The van der Waals surface area contributed by atoms with Crippen molar-refractivity contribution in [2.75, 3.05) is 13.7 Å². The lowest BCUT2D eigenvalue weighted by Crippen LogP contribution is -2.14. The van der Waals surface area contributed by atoms with Crippen LogP contribution in [-0.4, -0.2) is 30.1 Å². The zero-order chi connectivity index (χ0) is 19.1. The van der Waals surface area contributed by atoms with Crippen LogP contribution in [0.25, 0.3) is 10.9 Å². The summed E-state index contributed by atoms with van der Waals surface area (Å²) in [6.07, 6.45) is 6.80. The van der Waals surface area contributed by atoms with E-state index in [-0.39, 0.29) is 11.7 Å². The number of carbonyl (C=O) groups excluding carboxylic acids is 1. The standard InChI is InChI=1S/C23H24N2O2/c1-13(2)19-12-22(26)14(3)9-15(19)10-21-23-18(7-8-24-21)17-6-5-16(27-4)11-20(17)25-23/h5-6,9-13,25H,7-8H2,1-4H3/b15-10-. The van der Waals surface area contributed by atoms with Gasteiger partial charge in [0, 0.05) is 23.5 Å². The van der Waals surface area contributed by atoms with Crippen LogP contribution < -0.4 is 4.74 Å². The zero-order valence-electron chi connectivity index (χ0n) is 16.2. The molecule has 4 rings (SSSR count). The quantitative estimate of drug-likeness (QED) is 0.872. The Bertz CT molecular complexity index is 1060. The van der Waals surface area contributed by atoms with E-state index in [4.69, 9.17) is 9.73 Å². The number of aliphatic imine (C=N–C) groups is 1. The maximum absolute atomic E-state index is 12.1. The Morgan fingerprint density at radius 2 is 2.07 bits per heavy atom. The van der Waals surface area contributed by atoms with E-state index >= 15 is 0 Å². The van der Waals surface area contributed by atoms with E-state index in [1.165, 1.54) is 10.9 Å². The first-order valence-corrected chi connectivity index (χ1v) is 9.37. The highest BCUT2D eigenvalue weighted by Gasteiger charge is 2.22. The largest absolute Gasteiger partial charge is 0.497 e. The fourth-order valence-electron chi connectivity index (χ4n) is 3.82. The normalized spacial score (nSPS) is 18.5. The van der Waals surface area contributed by atoms with Crippen molar-refractivity contribution in [3.63, 3.8) is 0 Å². The van der Waals surface area contributed by atoms with E-state index in [0.29, 0.717) is 0 Å². The summed E-state index contributed by atoms with van der Waals surface area (Å²) in [7, 11) is 1.68. The van der Waals surface area contributed by atoms with E-state index in [1.54, 1.807) is 13.2 Å². The Morgan fingerprint density at radius 3 is 2.81 bits per heavy atom. The number of benzene rings is 1. The van der Waals surface area contributed by atoms with Crippen molar-refractivity contribution >= 4 is 22.4 Å². The first-order valence-electron chi connectivity index (χ1n) is 9.37. The minimum Gasteiger partial charge on any atom is -0.497 e. The number of rotatable bonds is 3. The highest BCUT2D eigenvalue weighted by Crippen LogP contribution is 2.31. The van der Waals surface area contributed by atoms with Gasteiger partial charge >= 0.3 is 0 Å². The van der Waals surface area contributed by atoms with Crippen LogP contribution in [0.1, 0.15) is 32.0 Å². The lowest BCUT2D eigenvalue weighted by atomic mass is 9.86. The number of nitrogens with zero attached hydrogens (tertiary/aromatic N) is 1. The third-order valence-corrected chi connectivity index (χ3v) is 5.31. The van der Waals surface area contributed by atoms with Crippen molar-refractivity contribution in [1.82, 2.24) is 4.98 Å². The Hall–Kier alpha value is -2.88. The van der Waals surface area contributed by atoms with E-state index in [2.05, 4.69) is 31.0 Å². The molecular formula is C23H24N2O2. The van der Waals surface area contributed by atoms with E-state index in [9.17, 15) is 4.79 Å². The molecule has 2 aliphatic rings. The third-order valence-electron chi connectivity index (χ3n) is 5.31. The van der Waals surface area contributed by atoms with Crippen LogP contribution in [0.3, 0.4) is 0 Å². The molecular weight excluding hydrogens is 336 g/mol. The molecule has 4 nitrogen and oxygen atoms in total. The summed E-state index contributed by atoms with van der Waals surface area (Å²) in [6, 6.07) is 6.14. The number of aromatic amines is 1. The van der Waals surface area contributed by atoms with Crippen molar-refractivity contribution in [2.45, 2.75) is 27.2 Å². The van der Waals surface area contributed by atoms with Gasteiger partial charge in [0.15, 0.2) is 5.78 Å². The lowest BCUT2D eigenvalue weighted by Gasteiger charge is -2.19. The Morgan fingerprint density at radius 1 is 1.26 bits per heavy atom. The molecule has 0 amide bonds. The van der Waals surface area contributed by atoms with Gasteiger partial charge in [-0.15, -0.1) is 0 Å². The number of aromatic nitrogens is 1. The predicted octanol–water partition coefficient (Wildman–Crippen LogP) is 4.56. The van der Waals surface area contributed by atoms with Crippen molar-refractivity contribution in [3.05, 3.63) is 64.4 Å². The molecule has 1 N–H and O–H groups in total. The molecule has 0 fully saturated rings. The summed E-state index contributed by atoms with van der Waals surface area (Å²) >= 11 is 0. The maximum Gasteiger partial charge on any atom is 0.181 e. The molecule has 0 bridgehead atoms. The molecule has 1 aromatic carbocycles. The number of H-pyrrole nitrogens is 1. The lowest BCUT2D eigenvalue weighted by molar-refractivity contribution is -0.111. The molecule has 0 spiro atoms. The summed E-state index contributed by atoms with van der Waals surface area (Å²) in [5.41, 5.74) is 7.30. The first-order chi connectivity index (χ1) is 13.0. The number of fused-ring (bicyclic) bond motifs is 3. The summed E-state index contributed by atoms with van der Waals surface area (Å²) in [5.74, 6) is 1.22. The number of allylic oxidation sites excluding steroid dienone is 6. The second-order valence-corrected chi connectivity index (χ2v) is 7.45. The van der Waals surface area contributed by atoms with E-state index < -0.39 is 0 Å². The molecule has 2 aromatic rings. The molecule has 1 aromatic heterocycles. The topological polar surface area (TPSA) is 54.5 Å². The van der Waals surface area contributed by atoms with Crippen molar-refractivity contribution in [1.29, 1.82) is 0 Å². The van der Waals surface area contributed by atoms with Crippen molar-refractivity contribution in [3.8, 4) is 5.75 Å². The fraction of sp³-hybridized carbons (Fsp3) is 0.304. The van der Waals surface area contributed by atoms with Crippen LogP contribution in [-0.2, 0) is 11.2 Å². The second-order valence-electron chi connectivity index (χ2n) is 7.45. The maximum atomic E-state index is 12.1. The number of hydrogen-bond acceptors (Lipinski definition) is 3. The number of ketones is 1. The minimum atomic E-state index is 0.0971. The van der Waals surface area contributed by atoms with Crippen LogP contribution in [0.4, 0.5) is 0 Å². The van der Waals surface area contributed by atoms with Crippen LogP contribution in [0.5, 0.6) is 5.75 Å². The predicted molar refractivity (Wildman–Crippen MR) is 110 cm³/mol. The number of carbonyl (C=O) groups is 1. The van der Waals surface area contributed by atoms with Crippen LogP contribution in [0.2, 0.25) is 0 Å².